The molecule has 0 saturated heterocycles. The Morgan fingerprint density at radius 1 is 1.26 bits per heavy atom. The molecule has 0 saturated carbocycles. The third-order valence-electron chi connectivity index (χ3n) is 3.06. The first-order valence-corrected chi connectivity index (χ1v) is 7.46. The van der Waals surface area contributed by atoms with Gasteiger partial charge in [0.15, 0.2) is 11.5 Å². The van der Waals surface area contributed by atoms with Gasteiger partial charge in [0.1, 0.15) is 0 Å². The van der Waals surface area contributed by atoms with E-state index in [1.807, 2.05) is 20.8 Å². The smallest absolute Gasteiger partial charge is 0.329 e. The summed E-state index contributed by atoms with van der Waals surface area (Å²) < 4.78 is 10.6. The summed E-state index contributed by atoms with van der Waals surface area (Å²) in [5.74, 6) is -0.319. The standard InChI is InChI=1S/C16H23N3O4/c1-5-11(3)18-15(20)16(21)19-17-10-12-7-8-13(23-6-2)14(9-12)22-4/h7-11H,5-6H2,1-4H3,(H,18,20)(H,19,21)/b17-10-/t11-/m0/s1. The number of nitrogens with zero attached hydrogens (tertiary/aromatic N) is 1. The zero-order valence-corrected chi connectivity index (χ0v) is 13.9. The Hall–Kier alpha value is -2.57. The minimum absolute atomic E-state index is 0.0624. The number of nitrogens with one attached hydrogen (secondary N) is 2. The van der Waals surface area contributed by atoms with E-state index in [4.69, 9.17) is 9.47 Å². The van der Waals surface area contributed by atoms with E-state index in [2.05, 4.69) is 15.8 Å². The van der Waals surface area contributed by atoms with E-state index in [1.165, 1.54) is 6.21 Å². The Kier molecular flexibility index (Phi) is 7.59. The summed E-state index contributed by atoms with van der Waals surface area (Å²) in [6, 6.07) is 5.18. The molecule has 0 aromatic heterocycles. The lowest BCUT2D eigenvalue weighted by atomic mass is 10.2. The molecule has 1 atom stereocenters. The molecule has 2 amide bonds. The molecule has 126 valence electrons. The molecule has 0 radical (unpaired) electrons. The normalized spacial score (nSPS) is 11.8. The number of amides is 2. The second-order valence-electron chi connectivity index (χ2n) is 4.83. The van der Waals surface area contributed by atoms with Crippen molar-refractivity contribution in [1.82, 2.24) is 10.7 Å². The molecule has 2 N–H and O–H groups in total. The number of methoxy groups -OCH3 is 1. The van der Waals surface area contributed by atoms with Gasteiger partial charge in [-0.15, -0.1) is 0 Å². The molecule has 23 heavy (non-hydrogen) atoms. The van der Waals surface area contributed by atoms with Crippen LogP contribution in [0.5, 0.6) is 11.5 Å². The number of hydrogen-bond acceptors (Lipinski definition) is 5. The summed E-state index contributed by atoms with van der Waals surface area (Å²) in [4.78, 5) is 23.1. The molecule has 0 heterocycles. The number of ether oxygens (including phenoxy) is 2. The van der Waals surface area contributed by atoms with Crippen LogP contribution in [0.15, 0.2) is 23.3 Å². The van der Waals surface area contributed by atoms with Gasteiger partial charge in [0, 0.05) is 6.04 Å². The molecule has 0 bridgehead atoms. The fourth-order valence-electron chi connectivity index (χ4n) is 1.65. The molecule has 0 unspecified atom stereocenters. The lowest BCUT2D eigenvalue weighted by molar-refractivity contribution is -0.139. The van der Waals surface area contributed by atoms with E-state index >= 15 is 0 Å². The maximum absolute atomic E-state index is 11.6. The molecular formula is C16H23N3O4. The van der Waals surface area contributed by atoms with Crippen molar-refractivity contribution >= 4 is 18.0 Å². The van der Waals surface area contributed by atoms with Crippen molar-refractivity contribution in [2.24, 2.45) is 5.10 Å². The maximum atomic E-state index is 11.6. The van der Waals surface area contributed by atoms with E-state index in [0.717, 1.165) is 6.42 Å². The lowest BCUT2D eigenvalue weighted by Crippen LogP contribution is -2.41. The summed E-state index contributed by atoms with van der Waals surface area (Å²) in [5.41, 5.74) is 2.89. The largest absolute Gasteiger partial charge is 0.493 e. The molecule has 0 spiro atoms. The molecule has 1 aromatic carbocycles. The predicted octanol–water partition coefficient (Wildman–Crippen LogP) is 1.46. The Morgan fingerprint density at radius 3 is 2.61 bits per heavy atom. The first-order valence-electron chi connectivity index (χ1n) is 7.46. The number of rotatable bonds is 7. The van der Waals surface area contributed by atoms with Crippen molar-refractivity contribution in [3.8, 4) is 11.5 Å². The Balaban J connectivity index is 2.64. The zero-order chi connectivity index (χ0) is 17.2. The van der Waals surface area contributed by atoms with Crippen LogP contribution in [0.4, 0.5) is 0 Å². The highest BCUT2D eigenvalue weighted by atomic mass is 16.5. The molecule has 0 fully saturated rings. The van der Waals surface area contributed by atoms with E-state index in [9.17, 15) is 9.59 Å². The average molecular weight is 321 g/mol. The van der Waals surface area contributed by atoms with Gasteiger partial charge in [0.05, 0.1) is 19.9 Å². The van der Waals surface area contributed by atoms with E-state index in [1.54, 1.807) is 25.3 Å². The summed E-state index contributed by atoms with van der Waals surface area (Å²) >= 11 is 0. The molecule has 0 aliphatic rings. The fourth-order valence-corrected chi connectivity index (χ4v) is 1.65. The van der Waals surface area contributed by atoms with Gasteiger partial charge in [0.25, 0.3) is 0 Å². The molecule has 1 aromatic rings. The van der Waals surface area contributed by atoms with Crippen LogP contribution in [0.25, 0.3) is 0 Å². The number of carbonyl (C=O) groups is 2. The van der Waals surface area contributed by atoms with Crippen LogP contribution in [0.1, 0.15) is 32.8 Å². The Bertz CT molecular complexity index is 572. The van der Waals surface area contributed by atoms with Crippen molar-refractivity contribution in [3.63, 3.8) is 0 Å². The van der Waals surface area contributed by atoms with Gasteiger partial charge < -0.3 is 14.8 Å². The minimum atomic E-state index is -0.806. The molecule has 0 aliphatic heterocycles. The predicted molar refractivity (Wildman–Crippen MR) is 87.8 cm³/mol. The van der Waals surface area contributed by atoms with E-state index in [0.29, 0.717) is 23.7 Å². The number of carbonyl (C=O) groups excluding carboxylic acids is 2. The highest BCUT2D eigenvalue weighted by molar-refractivity contribution is 6.35. The molecule has 1 rings (SSSR count). The average Bonchev–Trinajstić information content (AvgIpc) is 2.55. The van der Waals surface area contributed by atoms with Crippen molar-refractivity contribution in [2.75, 3.05) is 13.7 Å². The summed E-state index contributed by atoms with van der Waals surface area (Å²) in [6.45, 7) is 6.15. The van der Waals surface area contributed by atoms with Gasteiger partial charge in [-0.05, 0) is 44.0 Å². The van der Waals surface area contributed by atoms with Crippen LogP contribution < -0.4 is 20.2 Å². The van der Waals surface area contributed by atoms with Gasteiger partial charge in [-0.3, -0.25) is 9.59 Å². The summed E-state index contributed by atoms with van der Waals surface area (Å²) in [6.07, 6.45) is 2.17. The third-order valence-corrected chi connectivity index (χ3v) is 3.06. The van der Waals surface area contributed by atoms with Crippen molar-refractivity contribution in [3.05, 3.63) is 23.8 Å². The van der Waals surface area contributed by atoms with E-state index < -0.39 is 11.8 Å². The zero-order valence-electron chi connectivity index (χ0n) is 13.9. The highest BCUT2D eigenvalue weighted by Crippen LogP contribution is 2.27. The Labute approximate surface area is 136 Å². The van der Waals surface area contributed by atoms with E-state index in [-0.39, 0.29) is 6.04 Å². The summed E-state index contributed by atoms with van der Waals surface area (Å²) in [5, 5.41) is 6.32. The van der Waals surface area contributed by atoms with Gasteiger partial charge in [0.2, 0.25) is 0 Å². The SMILES string of the molecule is CCOc1ccc(/C=N\NC(=O)C(=O)N[C@@H](C)CC)cc1OC. The lowest BCUT2D eigenvalue weighted by Gasteiger charge is -2.10. The van der Waals surface area contributed by atoms with Crippen molar-refractivity contribution in [2.45, 2.75) is 33.2 Å². The van der Waals surface area contributed by atoms with Gasteiger partial charge in [-0.25, -0.2) is 5.43 Å². The quantitative estimate of drug-likeness (QED) is 0.452. The van der Waals surface area contributed by atoms with Crippen LogP contribution in [0, 0.1) is 0 Å². The van der Waals surface area contributed by atoms with Crippen LogP contribution in [-0.4, -0.2) is 37.8 Å². The third kappa shape index (κ3) is 5.98. The first-order chi connectivity index (χ1) is 11.0. The highest BCUT2D eigenvalue weighted by Gasteiger charge is 2.14. The monoisotopic (exact) mass is 321 g/mol. The minimum Gasteiger partial charge on any atom is -0.493 e. The van der Waals surface area contributed by atoms with Crippen molar-refractivity contribution in [1.29, 1.82) is 0 Å². The van der Waals surface area contributed by atoms with Gasteiger partial charge >= 0.3 is 11.8 Å². The van der Waals surface area contributed by atoms with Crippen LogP contribution in [0.2, 0.25) is 0 Å². The van der Waals surface area contributed by atoms with Crippen molar-refractivity contribution < 1.29 is 19.1 Å². The summed E-state index contributed by atoms with van der Waals surface area (Å²) in [7, 11) is 1.54. The first kappa shape index (κ1) is 18.5. The topological polar surface area (TPSA) is 89.0 Å². The number of benzene rings is 1. The Morgan fingerprint density at radius 2 is 2.00 bits per heavy atom. The van der Waals surface area contributed by atoms with Crippen LogP contribution in [-0.2, 0) is 9.59 Å². The molecule has 7 nitrogen and oxygen atoms in total. The van der Waals surface area contributed by atoms with Gasteiger partial charge in [-0.2, -0.15) is 5.10 Å². The number of hydrazone groups is 1. The second-order valence-corrected chi connectivity index (χ2v) is 4.83. The second kappa shape index (κ2) is 9.45. The fraction of sp³-hybridized carbons (Fsp3) is 0.438. The number of hydrogen-bond donors (Lipinski definition) is 2. The molecule has 0 aliphatic carbocycles. The van der Waals surface area contributed by atoms with Gasteiger partial charge in [-0.1, -0.05) is 6.92 Å². The van der Waals surface area contributed by atoms with Crippen LogP contribution >= 0.6 is 0 Å². The molecular weight excluding hydrogens is 298 g/mol. The maximum Gasteiger partial charge on any atom is 0.329 e. The van der Waals surface area contributed by atoms with Crippen LogP contribution in [0.3, 0.4) is 0 Å². The molecule has 7 heteroatoms.